The SMILES string of the molecule is CCOc1ccc(/C=C/C(=O)Oc2ccc(/C=C(/C#N)c3cccc(Cl)c3)cc2OC)cc1OC. The number of rotatable bonds is 9. The fraction of sp³-hybridized carbons (Fsp3) is 0.143. The van der Waals surface area contributed by atoms with Crippen LogP contribution in [0.1, 0.15) is 23.6 Å². The van der Waals surface area contributed by atoms with Gasteiger partial charge in [-0.05, 0) is 72.2 Å². The Labute approximate surface area is 209 Å². The molecule has 0 N–H and O–H groups in total. The van der Waals surface area contributed by atoms with Crippen molar-refractivity contribution in [2.24, 2.45) is 0 Å². The fourth-order valence-corrected chi connectivity index (χ4v) is 3.42. The van der Waals surface area contributed by atoms with Gasteiger partial charge in [0.15, 0.2) is 23.0 Å². The van der Waals surface area contributed by atoms with Gasteiger partial charge in [0.2, 0.25) is 0 Å². The number of carbonyl (C=O) groups is 1. The minimum Gasteiger partial charge on any atom is -0.493 e. The Hall–Kier alpha value is -4.21. The van der Waals surface area contributed by atoms with Crippen molar-refractivity contribution in [3.05, 3.63) is 88.5 Å². The predicted molar refractivity (Wildman–Crippen MR) is 137 cm³/mol. The number of allylic oxidation sites excluding steroid dienone is 1. The van der Waals surface area contributed by atoms with E-state index in [9.17, 15) is 10.1 Å². The minimum atomic E-state index is -0.573. The van der Waals surface area contributed by atoms with Crippen LogP contribution in [0.4, 0.5) is 0 Å². The maximum atomic E-state index is 12.4. The van der Waals surface area contributed by atoms with Crippen LogP contribution in [0.2, 0.25) is 5.02 Å². The van der Waals surface area contributed by atoms with Crippen molar-refractivity contribution in [1.82, 2.24) is 0 Å². The highest BCUT2D eigenvalue weighted by molar-refractivity contribution is 6.30. The number of methoxy groups -OCH3 is 2. The summed E-state index contributed by atoms with van der Waals surface area (Å²) in [5.41, 5.74) is 2.59. The van der Waals surface area contributed by atoms with Crippen LogP contribution < -0.4 is 18.9 Å². The third kappa shape index (κ3) is 6.89. The summed E-state index contributed by atoms with van der Waals surface area (Å²) in [4.78, 5) is 12.4. The molecule has 0 bridgehead atoms. The molecular weight excluding hydrogens is 466 g/mol. The lowest BCUT2D eigenvalue weighted by Crippen LogP contribution is -2.05. The highest BCUT2D eigenvalue weighted by atomic mass is 35.5. The lowest BCUT2D eigenvalue weighted by atomic mass is 10.0. The molecule has 0 aliphatic carbocycles. The lowest BCUT2D eigenvalue weighted by Gasteiger charge is -2.10. The largest absolute Gasteiger partial charge is 0.493 e. The standard InChI is InChI=1S/C28H24ClNO5/c1-4-34-24-11-8-19(15-26(24)32-2)10-13-28(31)35-25-12-9-20(16-27(25)33-3)14-22(18-30)21-6-5-7-23(29)17-21/h5-17H,4H2,1-3H3/b13-10+,22-14-. The van der Waals surface area contributed by atoms with Gasteiger partial charge in [-0.3, -0.25) is 0 Å². The van der Waals surface area contributed by atoms with E-state index < -0.39 is 5.97 Å². The summed E-state index contributed by atoms with van der Waals surface area (Å²) in [5, 5.41) is 10.1. The van der Waals surface area contributed by atoms with E-state index in [0.29, 0.717) is 45.6 Å². The molecule has 0 heterocycles. The molecule has 0 amide bonds. The van der Waals surface area contributed by atoms with Crippen LogP contribution in [-0.4, -0.2) is 26.8 Å². The minimum absolute atomic E-state index is 0.254. The molecule has 0 fully saturated rings. The predicted octanol–water partition coefficient (Wildman–Crippen LogP) is 6.44. The molecule has 7 heteroatoms. The maximum absolute atomic E-state index is 12.4. The Morgan fingerprint density at radius 1 is 0.943 bits per heavy atom. The van der Waals surface area contributed by atoms with Crippen LogP contribution in [0.15, 0.2) is 66.7 Å². The number of hydrogen-bond donors (Lipinski definition) is 0. The van der Waals surface area contributed by atoms with Crippen LogP contribution in [-0.2, 0) is 4.79 Å². The summed E-state index contributed by atoms with van der Waals surface area (Å²) in [5.74, 6) is 1.23. The number of esters is 1. The van der Waals surface area contributed by atoms with Crippen molar-refractivity contribution >= 4 is 35.3 Å². The van der Waals surface area contributed by atoms with Crippen LogP contribution in [0.25, 0.3) is 17.7 Å². The summed E-state index contributed by atoms with van der Waals surface area (Å²) in [7, 11) is 3.03. The van der Waals surface area contributed by atoms with Crippen LogP contribution in [0.3, 0.4) is 0 Å². The normalized spacial score (nSPS) is 11.1. The first-order valence-corrected chi connectivity index (χ1v) is 11.1. The molecule has 6 nitrogen and oxygen atoms in total. The fourth-order valence-electron chi connectivity index (χ4n) is 3.23. The van der Waals surface area contributed by atoms with Crippen LogP contribution >= 0.6 is 11.6 Å². The number of nitrogens with zero attached hydrogens (tertiary/aromatic N) is 1. The molecular formula is C28H24ClNO5. The van der Waals surface area contributed by atoms with E-state index in [-0.39, 0.29) is 5.75 Å². The second-order valence-electron chi connectivity index (χ2n) is 7.19. The van der Waals surface area contributed by atoms with Gasteiger partial charge in [-0.15, -0.1) is 0 Å². The highest BCUT2D eigenvalue weighted by Gasteiger charge is 2.10. The second kappa shape index (κ2) is 12.3. The average Bonchev–Trinajstić information content (AvgIpc) is 2.87. The molecule has 0 aliphatic heterocycles. The Kier molecular flexibility index (Phi) is 8.94. The van der Waals surface area contributed by atoms with Gasteiger partial charge in [0.1, 0.15) is 0 Å². The Balaban J connectivity index is 1.76. The topological polar surface area (TPSA) is 77.8 Å². The molecule has 0 aliphatic rings. The number of benzene rings is 3. The van der Waals surface area contributed by atoms with Crippen molar-refractivity contribution in [3.8, 4) is 29.1 Å². The van der Waals surface area contributed by atoms with Gasteiger partial charge >= 0.3 is 5.97 Å². The van der Waals surface area contributed by atoms with E-state index >= 15 is 0 Å². The molecule has 3 rings (SSSR count). The zero-order valence-electron chi connectivity index (χ0n) is 19.6. The van der Waals surface area contributed by atoms with E-state index in [2.05, 4.69) is 6.07 Å². The summed E-state index contributed by atoms with van der Waals surface area (Å²) in [6.07, 6.45) is 4.64. The van der Waals surface area contributed by atoms with Crippen LogP contribution in [0, 0.1) is 11.3 Å². The van der Waals surface area contributed by atoms with E-state index in [4.69, 9.17) is 30.5 Å². The zero-order chi connectivity index (χ0) is 25.2. The first kappa shape index (κ1) is 25.4. The van der Waals surface area contributed by atoms with Crippen molar-refractivity contribution in [1.29, 1.82) is 5.26 Å². The third-order valence-electron chi connectivity index (χ3n) is 4.86. The number of hydrogen-bond acceptors (Lipinski definition) is 6. The smallest absolute Gasteiger partial charge is 0.336 e. The quantitative estimate of drug-likeness (QED) is 0.113. The van der Waals surface area contributed by atoms with E-state index in [1.54, 1.807) is 73.9 Å². The molecule has 0 radical (unpaired) electrons. The molecule has 178 valence electrons. The molecule has 3 aromatic rings. The zero-order valence-corrected chi connectivity index (χ0v) is 20.3. The van der Waals surface area contributed by atoms with E-state index in [1.165, 1.54) is 13.2 Å². The van der Waals surface area contributed by atoms with Gasteiger partial charge in [-0.2, -0.15) is 5.26 Å². The molecule has 0 unspecified atom stereocenters. The molecule has 3 aromatic carbocycles. The Bertz CT molecular complexity index is 1310. The van der Waals surface area contributed by atoms with Gasteiger partial charge < -0.3 is 18.9 Å². The van der Waals surface area contributed by atoms with Crippen molar-refractivity contribution < 1.29 is 23.7 Å². The number of ether oxygens (including phenoxy) is 4. The number of halogens is 1. The molecule has 0 saturated heterocycles. The highest BCUT2D eigenvalue weighted by Crippen LogP contribution is 2.31. The summed E-state index contributed by atoms with van der Waals surface area (Å²) in [6, 6.07) is 19.6. The molecule has 0 saturated carbocycles. The molecule has 35 heavy (non-hydrogen) atoms. The third-order valence-corrected chi connectivity index (χ3v) is 5.10. The van der Waals surface area contributed by atoms with E-state index in [0.717, 1.165) is 5.56 Å². The lowest BCUT2D eigenvalue weighted by molar-refractivity contribution is -0.129. The van der Waals surface area contributed by atoms with E-state index in [1.807, 2.05) is 13.0 Å². The van der Waals surface area contributed by atoms with Crippen molar-refractivity contribution in [2.75, 3.05) is 20.8 Å². The van der Waals surface area contributed by atoms with Crippen molar-refractivity contribution in [3.63, 3.8) is 0 Å². The molecule has 0 atom stereocenters. The van der Waals surface area contributed by atoms with Gasteiger partial charge in [-0.25, -0.2) is 4.79 Å². The van der Waals surface area contributed by atoms with Gasteiger partial charge in [0.05, 0.1) is 32.5 Å². The van der Waals surface area contributed by atoms with Gasteiger partial charge in [-0.1, -0.05) is 35.9 Å². The Morgan fingerprint density at radius 2 is 1.63 bits per heavy atom. The number of nitriles is 1. The first-order chi connectivity index (χ1) is 17.0. The second-order valence-corrected chi connectivity index (χ2v) is 7.62. The van der Waals surface area contributed by atoms with Gasteiger partial charge in [0, 0.05) is 11.1 Å². The molecule has 0 spiro atoms. The monoisotopic (exact) mass is 489 g/mol. The summed E-state index contributed by atoms with van der Waals surface area (Å²) in [6.45, 7) is 2.41. The first-order valence-electron chi connectivity index (χ1n) is 10.7. The molecule has 0 aromatic heterocycles. The summed E-state index contributed by atoms with van der Waals surface area (Å²) < 4.78 is 21.7. The van der Waals surface area contributed by atoms with Crippen molar-refractivity contribution in [2.45, 2.75) is 6.92 Å². The van der Waals surface area contributed by atoms with Gasteiger partial charge in [0.25, 0.3) is 0 Å². The average molecular weight is 490 g/mol. The Morgan fingerprint density at radius 3 is 2.31 bits per heavy atom. The number of carbonyl (C=O) groups excluding carboxylic acids is 1. The maximum Gasteiger partial charge on any atom is 0.336 e. The summed E-state index contributed by atoms with van der Waals surface area (Å²) >= 11 is 6.04. The van der Waals surface area contributed by atoms with Crippen LogP contribution in [0.5, 0.6) is 23.0 Å².